The van der Waals surface area contributed by atoms with Gasteiger partial charge in [-0.1, -0.05) is 114 Å². The van der Waals surface area contributed by atoms with Crippen LogP contribution in [0.15, 0.2) is 78.9 Å². The molecule has 0 spiro atoms. The van der Waals surface area contributed by atoms with Gasteiger partial charge in [0.05, 0.1) is 24.3 Å². The number of carbonyl (C=O) groups is 3. The molecule has 42 heavy (non-hydrogen) atoms. The zero-order valence-electron chi connectivity index (χ0n) is 25.6. The maximum Gasteiger partial charge on any atom is 0.338 e. The van der Waals surface area contributed by atoms with Gasteiger partial charge in [0.15, 0.2) is 5.78 Å². The third kappa shape index (κ3) is 9.40. The van der Waals surface area contributed by atoms with Crippen molar-refractivity contribution in [1.82, 2.24) is 0 Å². The van der Waals surface area contributed by atoms with E-state index in [1.807, 2.05) is 12.1 Å². The lowest BCUT2D eigenvalue weighted by molar-refractivity contribution is 0.0410. The number of hydrogen-bond donors (Lipinski definition) is 0. The lowest BCUT2D eigenvalue weighted by Gasteiger charge is -2.22. The van der Waals surface area contributed by atoms with Crippen molar-refractivity contribution in [3.63, 3.8) is 0 Å². The number of esters is 2. The van der Waals surface area contributed by atoms with Crippen molar-refractivity contribution in [2.45, 2.75) is 78.6 Å². The molecule has 224 valence electrons. The number of rotatable bonds is 17. The largest absolute Gasteiger partial charge is 0.462 e. The topological polar surface area (TPSA) is 69.7 Å². The molecule has 3 aromatic carbocycles. The second kappa shape index (κ2) is 17.3. The lowest BCUT2D eigenvalue weighted by Crippen LogP contribution is -2.19. The van der Waals surface area contributed by atoms with Crippen molar-refractivity contribution < 1.29 is 23.9 Å². The fraction of sp³-hybridized carbons (Fsp3) is 0.432. The molecular weight excluding hydrogens is 524 g/mol. The molecule has 3 atom stereocenters. The lowest BCUT2D eigenvalue weighted by atomic mass is 9.86. The van der Waals surface area contributed by atoms with Crippen LogP contribution in [0.4, 0.5) is 0 Å². The molecule has 0 aromatic heterocycles. The second-order valence-electron chi connectivity index (χ2n) is 11.1. The first kappa shape index (κ1) is 32.8. The summed E-state index contributed by atoms with van der Waals surface area (Å²) in [7, 11) is 0. The van der Waals surface area contributed by atoms with E-state index < -0.39 is 11.9 Å². The summed E-state index contributed by atoms with van der Waals surface area (Å²) in [5, 5.41) is 0. The quantitative estimate of drug-likeness (QED) is 0.120. The Balaban J connectivity index is 1.78. The summed E-state index contributed by atoms with van der Waals surface area (Å²) in [4.78, 5) is 39.9. The van der Waals surface area contributed by atoms with Gasteiger partial charge in [0.2, 0.25) is 0 Å². The van der Waals surface area contributed by atoms with Crippen LogP contribution in [0.2, 0.25) is 0 Å². The smallest absolute Gasteiger partial charge is 0.338 e. The van der Waals surface area contributed by atoms with Crippen LogP contribution in [0.5, 0.6) is 0 Å². The molecule has 0 amide bonds. The Labute approximate surface area is 251 Å². The van der Waals surface area contributed by atoms with E-state index in [0.717, 1.165) is 44.9 Å². The van der Waals surface area contributed by atoms with Crippen molar-refractivity contribution >= 4 is 17.7 Å². The minimum Gasteiger partial charge on any atom is -0.462 e. The van der Waals surface area contributed by atoms with Crippen LogP contribution in [0.3, 0.4) is 0 Å². The molecule has 0 N–H and O–H groups in total. The Morgan fingerprint density at radius 2 is 1.26 bits per heavy atom. The number of unbranched alkanes of at least 4 members (excludes halogenated alkanes) is 1. The molecule has 3 unspecified atom stereocenters. The van der Waals surface area contributed by atoms with E-state index in [-0.39, 0.29) is 35.0 Å². The van der Waals surface area contributed by atoms with Crippen molar-refractivity contribution in [1.29, 1.82) is 0 Å². The zero-order valence-corrected chi connectivity index (χ0v) is 25.6. The third-order valence-corrected chi connectivity index (χ3v) is 8.16. The number of ketones is 1. The highest BCUT2D eigenvalue weighted by Crippen LogP contribution is 2.29. The summed E-state index contributed by atoms with van der Waals surface area (Å²) in [5.74, 6) is -0.538. The number of benzene rings is 3. The van der Waals surface area contributed by atoms with Gasteiger partial charge in [-0.05, 0) is 60.8 Å². The normalized spacial score (nSPS) is 13.1. The molecule has 0 saturated carbocycles. The minimum absolute atomic E-state index is 0.141. The Morgan fingerprint density at radius 1 is 0.643 bits per heavy atom. The summed E-state index contributed by atoms with van der Waals surface area (Å²) in [6, 6.07) is 23.7. The van der Waals surface area contributed by atoms with Crippen LogP contribution in [-0.4, -0.2) is 30.9 Å². The van der Waals surface area contributed by atoms with Gasteiger partial charge in [-0.15, -0.1) is 0 Å². The first-order chi connectivity index (χ1) is 20.4. The van der Waals surface area contributed by atoms with E-state index in [1.165, 1.54) is 17.7 Å². The average Bonchev–Trinajstić information content (AvgIpc) is 3.04. The summed E-state index contributed by atoms with van der Waals surface area (Å²) in [6.07, 6.45) is 6.89. The van der Waals surface area contributed by atoms with Gasteiger partial charge in [0.25, 0.3) is 0 Å². The highest BCUT2D eigenvalue weighted by atomic mass is 16.5. The fourth-order valence-electron chi connectivity index (χ4n) is 5.25. The SMILES string of the molecule is CCCCC(CC)COC(=O)c1ccc(C(=O)OCC(CC)CC(CC)c2ccccc2)c(C(=O)c2ccccc2)c1. The van der Waals surface area contributed by atoms with Crippen molar-refractivity contribution in [3.8, 4) is 0 Å². The van der Waals surface area contributed by atoms with Gasteiger partial charge in [-0.2, -0.15) is 0 Å². The molecule has 5 heteroatoms. The molecule has 0 bridgehead atoms. The Morgan fingerprint density at radius 3 is 1.88 bits per heavy atom. The minimum atomic E-state index is -0.564. The van der Waals surface area contributed by atoms with E-state index in [4.69, 9.17) is 9.47 Å². The molecule has 5 nitrogen and oxygen atoms in total. The summed E-state index contributed by atoms with van der Waals surface area (Å²) in [5.41, 5.74) is 2.26. The summed E-state index contributed by atoms with van der Waals surface area (Å²) < 4.78 is 11.4. The van der Waals surface area contributed by atoms with Crippen LogP contribution in [0.25, 0.3) is 0 Å². The van der Waals surface area contributed by atoms with Crippen LogP contribution in [-0.2, 0) is 9.47 Å². The standard InChI is InChI=1S/C37H46O5/c1-5-9-16-27(6-2)25-41-36(39)32-21-22-33(34(24-32)35(38)31-19-14-11-15-20-31)37(40)42-26-28(7-3)23-29(8-4)30-17-12-10-13-18-30/h10-15,17-22,24,27-29H,5-9,16,23,25-26H2,1-4H3. The summed E-state index contributed by atoms with van der Waals surface area (Å²) >= 11 is 0. The molecule has 0 radical (unpaired) electrons. The van der Waals surface area contributed by atoms with Gasteiger partial charge in [0, 0.05) is 11.1 Å². The monoisotopic (exact) mass is 570 g/mol. The highest BCUT2D eigenvalue weighted by Gasteiger charge is 2.24. The van der Waals surface area contributed by atoms with Gasteiger partial charge < -0.3 is 9.47 Å². The van der Waals surface area contributed by atoms with E-state index in [9.17, 15) is 14.4 Å². The third-order valence-electron chi connectivity index (χ3n) is 8.16. The molecule has 0 aliphatic carbocycles. The van der Waals surface area contributed by atoms with E-state index in [2.05, 4.69) is 52.0 Å². The van der Waals surface area contributed by atoms with Crippen molar-refractivity contribution in [2.75, 3.05) is 13.2 Å². The fourth-order valence-corrected chi connectivity index (χ4v) is 5.25. The predicted molar refractivity (Wildman–Crippen MR) is 168 cm³/mol. The first-order valence-corrected chi connectivity index (χ1v) is 15.5. The first-order valence-electron chi connectivity index (χ1n) is 15.5. The molecule has 0 aliphatic heterocycles. The second-order valence-corrected chi connectivity index (χ2v) is 11.1. The van der Waals surface area contributed by atoms with Crippen LogP contribution in [0, 0.1) is 11.8 Å². The Kier molecular flexibility index (Phi) is 13.5. The molecule has 3 rings (SSSR count). The molecule has 0 fully saturated rings. The van der Waals surface area contributed by atoms with Gasteiger partial charge >= 0.3 is 11.9 Å². The number of hydrogen-bond acceptors (Lipinski definition) is 5. The van der Waals surface area contributed by atoms with E-state index in [0.29, 0.717) is 24.0 Å². The predicted octanol–water partition coefficient (Wildman–Crippen LogP) is 9.06. The van der Waals surface area contributed by atoms with E-state index in [1.54, 1.807) is 30.3 Å². The molecule has 0 heterocycles. The average molecular weight is 571 g/mol. The number of carbonyl (C=O) groups excluding carboxylic acids is 3. The molecule has 3 aromatic rings. The van der Waals surface area contributed by atoms with Crippen LogP contribution in [0.1, 0.15) is 121 Å². The number of ether oxygens (including phenoxy) is 2. The maximum absolute atomic E-state index is 13.6. The van der Waals surface area contributed by atoms with Gasteiger partial charge in [-0.25, -0.2) is 9.59 Å². The van der Waals surface area contributed by atoms with Crippen molar-refractivity contribution in [2.24, 2.45) is 11.8 Å². The maximum atomic E-state index is 13.6. The van der Waals surface area contributed by atoms with Crippen LogP contribution < -0.4 is 0 Å². The van der Waals surface area contributed by atoms with E-state index >= 15 is 0 Å². The molecule has 0 saturated heterocycles. The van der Waals surface area contributed by atoms with Crippen LogP contribution >= 0.6 is 0 Å². The Bertz CT molecular complexity index is 1270. The highest BCUT2D eigenvalue weighted by molar-refractivity contribution is 6.15. The van der Waals surface area contributed by atoms with Gasteiger partial charge in [0.1, 0.15) is 0 Å². The van der Waals surface area contributed by atoms with Crippen molar-refractivity contribution in [3.05, 3.63) is 107 Å². The summed E-state index contributed by atoms with van der Waals surface area (Å²) in [6.45, 7) is 9.12. The zero-order chi connectivity index (χ0) is 30.3. The van der Waals surface area contributed by atoms with Gasteiger partial charge in [-0.3, -0.25) is 4.79 Å². The Hall–Kier alpha value is -3.73. The molecule has 0 aliphatic rings. The molecular formula is C37H46O5.